The number of thiophene rings is 1. The van der Waals surface area contributed by atoms with Crippen molar-refractivity contribution in [2.45, 2.75) is 30.6 Å². The maximum Gasteiger partial charge on any atom is 0.250 e. The number of hydrogen-bond donors (Lipinski definition) is 2. The Morgan fingerprint density at radius 3 is 2.81 bits per heavy atom. The molecule has 0 aliphatic carbocycles. The van der Waals surface area contributed by atoms with Gasteiger partial charge in [-0.05, 0) is 30.5 Å². The second-order valence-corrected chi connectivity index (χ2v) is 7.66. The van der Waals surface area contributed by atoms with Crippen LogP contribution in [0.15, 0.2) is 21.9 Å². The van der Waals surface area contributed by atoms with E-state index >= 15 is 0 Å². The molecular formula is C13H20N4O2S2. The van der Waals surface area contributed by atoms with Crippen LogP contribution in [-0.2, 0) is 36.6 Å². The van der Waals surface area contributed by atoms with Crippen LogP contribution in [0, 0.1) is 0 Å². The number of hydrogen-bond acceptors (Lipinski definition) is 5. The number of aryl methyl sites for hydroxylation is 2. The molecule has 2 aromatic rings. The Balaban J connectivity index is 2.09. The zero-order valence-corrected chi connectivity index (χ0v) is 14.0. The van der Waals surface area contributed by atoms with E-state index in [4.69, 9.17) is 0 Å². The van der Waals surface area contributed by atoms with Crippen LogP contribution in [0.1, 0.15) is 23.7 Å². The highest BCUT2D eigenvalue weighted by molar-refractivity contribution is 7.91. The van der Waals surface area contributed by atoms with E-state index in [2.05, 4.69) is 15.1 Å². The molecule has 0 radical (unpaired) electrons. The van der Waals surface area contributed by atoms with Crippen LogP contribution in [0.3, 0.4) is 0 Å². The molecular weight excluding hydrogens is 308 g/mol. The highest BCUT2D eigenvalue weighted by atomic mass is 32.2. The number of aromatic nitrogens is 2. The number of sulfonamides is 1. The molecule has 0 saturated heterocycles. The minimum Gasteiger partial charge on any atom is -0.316 e. The number of nitrogens with zero attached hydrogens (tertiary/aromatic N) is 2. The summed E-state index contributed by atoms with van der Waals surface area (Å²) in [4.78, 5) is 0. The summed E-state index contributed by atoms with van der Waals surface area (Å²) < 4.78 is 29.3. The fourth-order valence-corrected chi connectivity index (χ4v) is 4.32. The van der Waals surface area contributed by atoms with Crippen molar-refractivity contribution in [3.63, 3.8) is 0 Å². The highest BCUT2D eigenvalue weighted by Gasteiger charge is 2.17. The lowest BCUT2D eigenvalue weighted by molar-refractivity contribution is 0.583. The van der Waals surface area contributed by atoms with Crippen molar-refractivity contribution in [1.82, 2.24) is 19.8 Å². The van der Waals surface area contributed by atoms with E-state index in [0.29, 0.717) is 10.8 Å². The van der Waals surface area contributed by atoms with Crippen molar-refractivity contribution in [2.24, 2.45) is 7.05 Å². The van der Waals surface area contributed by atoms with Crippen LogP contribution in [-0.4, -0.2) is 25.2 Å². The zero-order chi connectivity index (χ0) is 15.5. The molecule has 0 unspecified atom stereocenters. The third kappa shape index (κ3) is 3.91. The summed E-state index contributed by atoms with van der Waals surface area (Å²) in [6.07, 6.45) is 2.63. The van der Waals surface area contributed by atoms with Crippen LogP contribution >= 0.6 is 11.3 Å². The first kappa shape index (κ1) is 16.2. The van der Waals surface area contributed by atoms with Gasteiger partial charge in [-0.1, -0.05) is 6.92 Å². The van der Waals surface area contributed by atoms with Crippen molar-refractivity contribution in [1.29, 1.82) is 0 Å². The smallest absolute Gasteiger partial charge is 0.250 e. The molecule has 0 bridgehead atoms. The first-order chi connectivity index (χ1) is 9.96. The predicted molar refractivity (Wildman–Crippen MR) is 83.7 cm³/mol. The molecule has 0 atom stereocenters. The van der Waals surface area contributed by atoms with E-state index in [1.807, 2.05) is 32.6 Å². The summed E-state index contributed by atoms with van der Waals surface area (Å²) in [5, 5.41) is 9.17. The molecule has 0 aliphatic rings. The molecule has 0 amide bonds. The van der Waals surface area contributed by atoms with E-state index in [-0.39, 0.29) is 6.54 Å². The second-order valence-electron chi connectivity index (χ2n) is 4.76. The van der Waals surface area contributed by atoms with Gasteiger partial charge in [0.15, 0.2) is 0 Å². The molecule has 2 heterocycles. The largest absolute Gasteiger partial charge is 0.316 e. The van der Waals surface area contributed by atoms with Gasteiger partial charge in [-0.15, -0.1) is 11.3 Å². The van der Waals surface area contributed by atoms with E-state index < -0.39 is 10.0 Å². The number of rotatable bonds is 7. The standard InChI is InChI=1S/C13H20N4O2S2/c1-4-12-11(8-17(3)16-12)7-15-21(18,19)13-5-10(6-14-2)9-20-13/h5,8-9,14-15H,4,6-7H2,1-3H3. The Morgan fingerprint density at radius 2 is 2.14 bits per heavy atom. The van der Waals surface area contributed by atoms with Crippen LogP contribution in [0.25, 0.3) is 0 Å². The Labute approximate surface area is 129 Å². The second kappa shape index (κ2) is 6.69. The average molecular weight is 328 g/mol. The SMILES string of the molecule is CCc1nn(C)cc1CNS(=O)(=O)c1cc(CNC)cs1. The molecule has 0 spiro atoms. The summed E-state index contributed by atoms with van der Waals surface area (Å²) in [7, 11) is 0.198. The van der Waals surface area contributed by atoms with Crippen LogP contribution in [0.2, 0.25) is 0 Å². The van der Waals surface area contributed by atoms with Crippen LogP contribution in [0.5, 0.6) is 0 Å². The van der Waals surface area contributed by atoms with Gasteiger partial charge in [0, 0.05) is 31.9 Å². The fourth-order valence-electron chi connectivity index (χ4n) is 2.06. The van der Waals surface area contributed by atoms with Gasteiger partial charge >= 0.3 is 0 Å². The molecule has 0 aliphatic heterocycles. The van der Waals surface area contributed by atoms with E-state index in [1.165, 1.54) is 11.3 Å². The summed E-state index contributed by atoms with van der Waals surface area (Å²) >= 11 is 1.24. The molecule has 0 aromatic carbocycles. The molecule has 21 heavy (non-hydrogen) atoms. The molecule has 0 fully saturated rings. The fraction of sp³-hybridized carbons (Fsp3) is 0.462. The highest BCUT2D eigenvalue weighted by Crippen LogP contribution is 2.20. The Bertz CT molecular complexity index is 704. The maximum absolute atomic E-state index is 12.3. The minimum atomic E-state index is -3.47. The van der Waals surface area contributed by atoms with Gasteiger partial charge in [0.2, 0.25) is 10.0 Å². The van der Waals surface area contributed by atoms with Crippen molar-refractivity contribution in [3.8, 4) is 0 Å². The molecule has 8 heteroatoms. The van der Waals surface area contributed by atoms with Crippen LogP contribution in [0.4, 0.5) is 0 Å². The third-order valence-electron chi connectivity index (χ3n) is 3.05. The van der Waals surface area contributed by atoms with E-state index in [9.17, 15) is 8.42 Å². The lowest BCUT2D eigenvalue weighted by Gasteiger charge is -2.04. The topological polar surface area (TPSA) is 76.0 Å². The lowest BCUT2D eigenvalue weighted by atomic mass is 10.2. The monoisotopic (exact) mass is 328 g/mol. The van der Waals surface area contributed by atoms with Gasteiger partial charge in [-0.25, -0.2) is 13.1 Å². The quantitative estimate of drug-likeness (QED) is 0.802. The van der Waals surface area contributed by atoms with Gasteiger partial charge in [0.25, 0.3) is 0 Å². The molecule has 6 nitrogen and oxygen atoms in total. The average Bonchev–Trinajstić information content (AvgIpc) is 3.04. The summed E-state index contributed by atoms with van der Waals surface area (Å²) in [6, 6.07) is 1.70. The van der Waals surface area contributed by atoms with Crippen molar-refractivity contribution in [2.75, 3.05) is 7.05 Å². The van der Waals surface area contributed by atoms with Crippen molar-refractivity contribution < 1.29 is 8.42 Å². The van der Waals surface area contributed by atoms with Gasteiger partial charge < -0.3 is 5.32 Å². The Morgan fingerprint density at radius 1 is 1.38 bits per heavy atom. The van der Waals surface area contributed by atoms with Crippen molar-refractivity contribution in [3.05, 3.63) is 34.5 Å². The van der Waals surface area contributed by atoms with Gasteiger partial charge in [-0.2, -0.15) is 5.10 Å². The molecule has 2 aromatic heterocycles. The van der Waals surface area contributed by atoms with Crippen molar-refractivity contribution >= 4 is 21.4 Å². The van der Waals surface area contributed by atoms with E-state index in [1.54, 1.807) is 10.7 Å². The van der Waals surface area contributed by atoms with Gasteiger partial charge in [0.1, 0.15) is 4.21 Å². The first-order valence-electron chi connectivity index (χ1n) is 6.69. The molecule has 0 saturated carbocycles. The van der Waals surface area contributed by atoms with Gasteiger partial charge in [0.05, 0.1) is 5.69 Å². The molecule has 2 N–H and O–H groups in total. The van der Waals surface area contributed by atoms with Gasteiger partial charge in [-0.3, -0.25) is 4.68 Å². The zero-order valence-electron chi connectivity index (χ0n) is 12.4. The number of nitrogens with one attached hydrogen (secondary N) is 2. The minimum absolute atomic E-state index is 0.263. The maximum atomic E-state index is 12.3. The molecule has 2 rings (SSSR count). The van der Waals surface area contributed by atoms with Crippen LogP contribution < -0.4 is 10.0 Å². The molecule has 116 valence electrons. The predicted octanol–water partition coefficient (Wildman–Crippen LogP) is 1.24. The third-order valence-corrected chi connectivity index (χ3v) is 5.94. The summed E-state index contributed by atoms with van der Waals surface area (Å²) in [5.41, 5.74) is 2.80. The summed E-state index contributed by atoms with van der Waals surface area (Å²) in [5.74, 6) is 0. The Kier molecular flexibility index (Phi) is 5.15. The normalized spacial score (nSPS) is 12.0. The lowest BCUT2D eigenvalue weighted by Crippen LogP contribution is -2.22. The van der Waals surface area contributed by atoms with E-state index in [0.717, 1.165) is 23.2 Å². The first-order valence-corrected chi connectivity index (χ1v) is 9.05. The Hall–Kier alpha value is -1.22. The summed E-state index contributed by atoms with van der Waals surface area (Å²) in [6.45, 7) is 2.93.